The first-order chi connectivity index (χ1) is 17.4. The Morgan fingerprint density at radius 3 is 2.25 bits per heavy atom. The largest absolute Gasteiger partial charge is 0.491 e. The van der Waals surface area contributed by atoms with Crippen LogP contribution >= 0.6 is 0 Å². The van der Waals surface area contributed by atoms with Gasteiger partial charge in [0.1, 0.15) is 0 Å². The summed E-state index contributed by atoms with van der Waals surface area (Å²) in [6.07, 6.45) is 9.51. The Labute approximate surface area is 210 Å². The van der Waals surface area contributed by atoms with Gasteiger partial charge in [-0.25, -0.2) is 13.2 Å². The Balaban J connectivity index is 1.33. The van der Waals surface area contributed by atoms with E-state index in [1.807, 2.05) is 13.0 Å². The van der Waals surface area contributed by atoms with Gasteiger partial charge in [-0.15, -0.1) is 0 Å². The SMILES string of the molecule is CC=CC1CCC(C2CCC(CCc3ccc(-c4ccc(OCC)c(F)c4F)c(F)c3F)CO2)CO1. The van der Waals surface area contributed by atoms with Gasteiger partial charge in [-0.1, -0.05) is 24.3 Å². The number of allylic oxidation sites excluding steroid dienone is 1. The molecule has 7 heteroatoms. The highest BCUT2D eigenvalue weighted by Crippen LogP contribution is 2.35. The average molecular weight is 507 g/mol. The molecule has 0 saturated carbocycles. The van der Waals surface area contributed by atoms with E-state index in [2.05, 4.69) is 6.08 Å². The van der Waals surface area contributed by atoms with E-state index < -0.39 is 23.3 Å². The van der Waals surface area contributed by atoms with Crippen molar-refractivity contribution in [3.8, 4) is 16.9 Å². The van der Waals surface area contributed by atoms with E-state index in [-0.39, 0.29) is 47.2 Å². The minimum atomic E-state index is -1.26. The fraction of sp³-hybridized carbons (Fsp3) is 0.517. The zero-order chi connectivity index (χ0) is 25.7. The first kappa shape index (κ1) is 26.7. The van der Waals surface area contributed by atoms with Gasteiger partial charge in [-0.05, 0) is 76.0 Å². The Morgan fingerprint density at radius 2 is 1.61 bits per heavy atom. The Kier molecular flexibility index (Phi) is 9.07. The van der Waals surface area contributed by atoms with Gasteiger partial charge in [0, 0.05) is 23.7 Å². The Bertz CT molecular complexity index is 1050. The van der Waals surface area contributed by atoms with Gasteiger partial charge in [-0.2, -0.15) is 4.39 Å². The monoisotopic (exact) mass is 506 g/mol. The van der Waals surface area contributed by atoms with E-state index >= 15 is 0 Å². The fourth-order valence-electron chi connectivity index (χ4n) is 5.23. The van der Waals surface area contributed by atoms with Crippen LogP contribution in [0.25, 0.3) is 11.1 Å². The molecule has 36 heavy (non-hydrogen) atoms. The van der Waals surface area contributed by atoms with Crippen molar-refractivity contribution in [1.29, 1.82) is 0 Å². The number of benzene rings is 2. The first-order valence-corrected chi connectivity index (χ1v) is 12.9. The molecule has 2 saturated heterocycles. The molecule has 4 unspecified atom stereocenters. The molecule has 2 aliphatic rings. The summed E-state index contributed by atoms with van der Waals surface area (Å²) < 4.78 is 75.6. The van der Waals surface area contributed by atoms with Gasteiger partial charge < -0.3 is 14.2 Å². The molecule has 2 fully saturated rings. The smallest absolute Gasteiger partial charge is 0.201 e. The van der Waals surface area contributed by atoms with Gasteiger partial charge in [0.05, 0.1) is 25.4 Å². The molecule has 2 heterocycles. The molecule has 3 nitrogen and oxygen atoms in total. The maximum atomic E-state index is 14.9. The topological polar surface area (TPSA) is 27.7 Å². The van der Waals surface area contributed by atoms with Crippen molar-refractivity contribution in [2.24, 2.45) is 11.8 Å². The van der Waals surface area contributed by atoms with Crippen LogP contribution in [0.5, 0.6) is 5.75 Å². The summed E-state index contributed by atoms with van der Waals surface area (Å²) in [5.41, 5.74) is -0.429. The molecule has 196 valence electrons. The number of hydrogen-bond acceptors (Lipinski definition) is 3. The summed E-state index contributed by atoms with van der Waals surface area (Å²) in [5, 5.41) is 0. The van der Waals surface area contributed by atoms with Gasteiger partial charge >= 0.3 is 0 Å². The van der Waals surface area contributed by atoms with Crippen molar-refractivity contribution in [3.63, 3.8) is 0 Å². The number of aryl methyl sites for hydroxylation is 1. The van der Waals surface area contributed by atoms with Crippen LogP contribution in [0.3, 0.4) is 0 Å². The molecular weight excluding hydrogens is 472 g/mol. The number of rotatable bonds is 8. The summed E-state index contributed by atoms with van der Waals surface area (Å²) in [5.74, 6) is -4.27. The van der Waals surface area contributed by atoms with Gasteiger partial charge in [0.25, 0.3) is 0 Å². The number of halogens is 4. The van der Waals surface area contributed by atoms with Crippen molar-refractivity contribution in [2.45, 2.75) is 64.6 Å². The number of ether oxygens (including phenoxy) is 3. The van der Waals surface area contributed by atoms with Crippen LogP contribution in [0, 0.1) is 35.1 Å². The second-order valence-corrected chi connectivity index (χ2v) is 9.66. The zero-order valence-electron chi connectivity index (χ0n) is 20.9. The van der Waals surface area contributed by atoms with E-state index in [1.165, 1.54) is 24.3 Å². The lowest BCUT2D eigenvalue weighted by molar-refractivity contribution is -0.0949. The zero-order valence-corrected chi connectivity index (χ0v) is 20.9. The molecule has 4 atom stereocenters. The number of hydrogen-bond donors (Lipinski definition) is 0. The molecule has 0 spiro atoms. The summed E-state index contributed by atoms with van der Waals surface area (Å²) in [7, 11) is 0. The molecule has 0 radical (unpaired) electrons. The lowest BCUT2D eigenvalue weighted by Crippen LogP contribution is -2.38. The van der Waals surface area contributed by atoms with Gasteiger partial charge in [0.2, 0.25) is 5.82 Å². The van der Waals surface area contributed by atoms with Crippen molar-refractivity contribution in [2.75, 3.05) is 19.8 Å². The van der Waals surface area contributed by atoms with Crippen molar-refractivity contribution < 1.29 is 31.8 Å². The highest BCUT2D eigenvalue weighted by molar-refractivity contribution is 5.66. The van der Waals surface area contributed by atoms with Crippen LogP contribution in [-0.2, 0) is 15.9 Å². The summed E-state index contributed by atoms with van der Waals surface area (Å²) in [6, 6.07) is 5.19. The highest BCUT2D eigenvalue weighted by atomic mass is 19.2. The molecule has 2 aliphatic heterocycles. The highest BCUT2D eigenvalue weighted by Gasteiger charge is 2.32. The molecule has 0 amide bonds. The summed E-state index contributed by atoms with van der Waals surface area (Å²) >= 11 is 0. The third-order valence-electron chi connectivity index (χ3n) is 7.31. The first-order valence-electron chi connectivity index (χ1n) is 12.9. The summed E-state index contributed by atoms with van der Waals surface area (Å²) in [4.78, 5) is 0. The van der Waals surface area contributed by atoms with Gasteiger partial charge in [0.15, 0.2) is 23.2 Å². The lowest BCUT2D eigenvalue weighted by atomic mass is 9.85. The molecule has 0 N–H and O–H groups in total. The second kappa shape index (κ2) is 12.2. The van der Waals surface area contributed by atoms with Crippen LogP contribution in [0.2, 0.25) is 0 Å². The average Bonchev–Trinajstić information content (AvgIpc) is 2.89. The lowest BCUT2D eigenvalue weighted by Gasteiger charge is -2.37. The maximum absolute atomic E-state index is 14.9. The van der Waals surface area contributed by atoms with E-state index in [4.69, 9.17) is 14.2 Å². The Hall–Kier alpha value is -2.38. The maximum Gasteiger partial charge on any atom is 0.201 e. The third-order valence-corrected chi connectivity index (χ3v) is 7.31. The van der Waals surface area contributed by atoms with Crippen LogP contribution < -0.4 is 4.74 Å². The van der Waals surface area contributed by atoms with Gasteiger partial charge in [-0.3, -0.25) is 0 Å². The summed E-state index contributed by atoms with van der Waals surface area (Å²) in [6.45, 7) is 5.10. The predicted molar refractivity (Wildman–Crippen MR) is 131 cm³/mol. The van der Waals surface area contributed by atoms with E-state index in [9.17, 15) is 17.6 Å². The Morgan fingerprint density at radius 1 is 0.861 bits per heavy atom. The van der Waals surface area contributed by atoms with E-state index in [1.54, 1.807) is 6.92 Å². The molecule has 4 rings (SSSR count). The molecule has 2 aromatic carbocycles. The normalized spacial score (nSPS) is 24.8. The third kappa shape index (κ3) is 5.94. The van der Waals surface area contributed by atoms with E-state index in [0.717, 1.165) is 25.7 Å². The van der Waals surface area contributed by atoms with Crippen molar-refractivity contribution >= 4 is 0 Å². The van der Waals surface area contributed by atoms with Crippen LogP contribution in [0.4, 0.5) is 17.6 Å². The van der Waals surface area contributed by atoms with Crippen LogP contribution in [0.15, 0.2) is 36.4 Å². The quantitative estimate of drug-likeness (QED) is 0.276. The minimum absolute atomic E-state index is 0.159. The van der Waals surface area contributed by atoms with Crippen LogP contribution in [0.1, 0.15) is 51.5 Å². The fourth-order valence-corrected chi connectivity index (χ4v) is 5.23. The molecule has 2 aromatic rings. The molecule has 0 aromatic heterocycles. The van der Waals surface area contributed by atoms with Crippen molar-refractivity contribution in [1.82, 2.24) is 0 Å². The van der Waals surface area contributed by atoms with Crippen molar-refractivity contribution in [3.05, 3.63) is 65.2 Å². The van der Waals surface area contributed by atoms with E-state index in [0.29, 0.717) is 32.0 Å². The van der Waals surface area contributed by atoms with Crippen LogP contribution in [-0.4, -0.2) is 32.0 Å². The molecule has 0 aliphatic carbocycles. The minimum Gasteiger partial charge on any atom is -0.491 e. The second-order valence-electron chi connectivity index (χ2n) is 9.66. The molecule has 0 bridgehead atoms. The standard InChI is InChI=1S/C29H34F4O3/c1-3-5-21-11-9-20(17-35-21)24-14-7-18(16-36-24)6-8-19-10-12-22(27(31)26(19)30)23-13-15-25(34-4-2)29(33)28(23)32/h3,5,10,12-13,15,18,20-21,24H,4,6-9,11,14,16-17H2,1-2H3. The predicted octanol–water partition coefficient (Wildman–Crippen LogP) is 7.41. The molecular formula is C29H34F4O3.